The van der Waals surface area contributed by atoms with Gasteiger partial charge in [0.15, 0.2) is 15.8 Å². The van der Waals surface area contributed by atoms with Crippen LogP contribution in [0, 0.1) is 0 Å². The quantitative estimate of drug-likeness (QED) is 0.344. The molecule has 148 valence electrons. The Morgan fingerprint density at radius 2 is 1.92 bits per heavy atom. The molecule has 1 saturated heterocycles. The predicted molar refractivity (Wildman–Crippen MR) is 121 cm³/mol. The number of hydrogen-bond acceptors (Lipinski definition) is 3. The van der Waals surface area contributed by atoms with E-state index in [1.165, 1.54) is 0 Å². The molecule has 1 aliphatic heterocycles. The minimum absolute atomic E-state index is 0. The zero-order valence-corrected chi connectivity index (χ0v) is 19.8. The van der Waals surface area contributed by atoms with E-state index in [4.69, 9.17) is 23.2 Å². The van der Waals surface area contributed by atoms with Crippen molar-refractivity contribution in [1.82, 2.24) is 10.6 Å². The highest BCUT2D eigenvalue weighted by molar-refractivity contribution is 14.0. The first-order valence-corrected chi connectivity index (χ1v) is 10.9. The van der Waals surface area contributed by atoms with Gasteiger partial charge in [-0.3, -0.25) is 4.99 Å². The van der Waals surface area contributed by atoms with Crippen LogP contribution >= 0.6 is 47.2 Å². The van der Waals surface area contributed by atoms with Crippen LogP contribution in [0.15, 0.2) is 23.2 Å². The number of halogens is 3. The van der Waals surface area contributed by atoms with Crippen molar-refractivity contribution in [2.75, 3.05) is 24.6 Å². The maximum Gasteiger partial charge on any atom is 0.191 e. The molecule has 2 rings (SSSR count). The van der Waals surface area contributed by atoms with Crippen molar-refractivity contribution in [1.29, 1.82) is 0 Å². The maximum absolute atomic E-state index is 11.6. The monoisotopic (exact) mass is 533 g/mol. The van der Waals surface area contributed by atoms with Crippen LogP contribution in [-0.2, 0) is 15.3 Å². The molecule has 9 heteroatoms. The van der Waals surface area contributed by atoms with Gasteiger partial charge >= 0.3 is 0 Å². The number of sulfone groups is 1. The molecule has 0 spiro atoms. The van der Waals surface area contributed by atoms with Gasteiger partial charge in [-0.1, -0.05) is 43.1 Å². The molecule has 0 aliphatic carbocycles. The van der Waals surface area contributed by atoms with Crippen LogP contribution in [0.4, 0.5) is 0 Å². The van der Waals surface area contributed by atoms with Gasteiger partial charge in [-0.2, -0.15) is 0 Å². The van der Waals surface area contributed by atoms with Gasteiger partial charge in [-0.25, -0.2) is 8.42 Å². The van der Waals surface area contributed by atoms with Crippen LogP contribution in [0.25, 0.3) is 0 Å². The van der Waals surface area contributed by atoms with E-state index in [9.17, 15) is 8.42 Å². The number of aliphatic imine (C=N–C) groups is 1. The lowest BCUT2D eigenvalue weighted by Gasteiger charge is -2.26. The van der Waals surface area contributed by atoms with E-state index in [2.05, 4.69) is 15.6 Å². The van der Waals surface area contributed by atoms with Crippen LogP contribution in [0.3, 0.4) is 0 Å². The Balaban J connectivity index is 0.00000338. The molecule has 0 saturated carbocycles. The van der Waals surface area contributed by atoms with Gasteiger partial charge in [0.2, 0.25) is 0 Å². The molecule has 1 aromatic carbocycles. The summed E-state index contributed by atoms with van der Waals surface area (Å²) in [6, 6.07) is 5.36. The number of nitrogens with one attached hydrogen (secondary N) is 2. The second-order valence-corrected chi connectivity index (χ2v) is 9.96. The SMILES string of the molecule is CCNC(=NCC(C)(C)c1c(Cl)cccc1Cl)NC1CCS(=O)(=O)C1.I. The highest BCUT2D eigenvalue weighted by Gasteiger charge is 2.29. The van der Waals surface area contributed by atoms with Gasteiger partial charge in [0.1, 0.15) is 0 Å². The third kappa shape index (κ3) is 6.42. The Bertz CT molecular complexity index is 734. The first-order chi connectivity index (χ1) is 11.6. The fourth-order valence-electron chi connectivity index (χ4n) is 2.92. The Morgan fingerprint density at radius 1 is 1.31 bits per heavy atom. The summed E-state index contributed by atoms with van der Waals surface area (Å²) in [6.45, 7) is 7.20. The van der Waals surface area contributed by atoms with E-state index in [1.54, 1.807) is 0 Å². The zero-order valence-electron chi connectivity index (χ0n) is 15.2. The van der Waals surface area contributed by atoms with Crippen molar-refractivity contribution in [2.45, 2.75) is 38.6 Å². The zero-order chi connectivity index (χ0) is 18.7. The largest absolute Gasteiger partial charge is 0.357 e. The number of nitrogens with zero attached hydrogens (tertiary/aromatic N) is 1. The lowest BCUT2D eigenvalue weighted by Crippen LogP contribution is -2.44. The second kappa shape index (κ2) is 9.80. The standard InChI is InChI=1S/C17H25Cl2N3O2S.HI/c1-4-20-16(22-12-8-9-25(23,24)10-12)21-11-17(2,3)15-13(18)6-5-7-14(15)19;/h5-7,12H,4,8-11H2,1-3H3,(H2,20,21,22);1H. The molecule has 0 amide bonds. The number of hydrogen-bond donors (Lipinski definition) is 2. The first-order valence-electron chi connectivity index (χ1n) is 8.34. The summed E-state index contributed by atoms with van der Waals surface area (Å²) in [5.41, 5.74) is 0.501. The van der Waals surface area contributed by atoms with Gasteiger partial charge in [-0.15, -0.1) is 24.0 Å². The molecule has 0 radical (unpaired) electrons. The van der Waals surface area contributed by atoms with Crippen molar-refractivity contribution in [2.24, 2.45) is 4.99 Å². The van der Waals surface area contributed by atoms with Crippen LogP contribution in [-0.4, -0.2) is 45.0 Å². The molecular weight excluding hydrogens is 508 g/mol. The summed E-state index contributed by atoms with van der Waals surface area (Å²) in [4.78, 5) is 4.64. The van der Waals surface area contributed by atoms with Gasteiger partial charge in [0, 0.05) is 28.0 Å². The summed E-state index contributed by atoms with van der Waals surface area (Å²) in [5, 5.41) is 7.62. The van der Waals surface area contributed by atoms with Crippen molar-refractivity contribution >= 4 is 63.0 Å². The molecule has 26 heavy (non-hydrogen) atoms. The van der Waals surface area contributed by atoms with Crippen LogP contribution in [0.5, 0.6) is 0 Å². The molecule has 1 fully saturated rings. The Morgan fingerprint density at radius 3 is 2.42 bits per heavy atom. The summed E-state index contributed by atoms with van der Waals surface area (Å²) >= 11 is 12.7. The molecular formula is C17H26Cl2IN3O2S. The molecule has 5 nitrogen and oxygen atoms in total. The van der Waals surface area contributed by atoms with E-state index in [0.717, 1.165) is 5.56 Å². The van der Waals surface area contributed by atoms with E-state index < -0.39 is 9.84 Å². The summed E-state index contributed by atoms with van der Waals surface area (Å²) in [5.74, 6) is 0.989. The lowest BCUT2D eigenvalue weighted by molar-refractivity contribution is 0.535. The average molecular weight is 534 g/mol. The Hall–Kier alpha value is -0.250. The average Bonchev–Trinajstić information content (AvgIpc) is 2.83. The van der Waals surface area contributed by atoms with Crippen LogP contribution in [0.1, 0.15) is 32.8 Å². The van der Waals surface area contributed by atoms with E-state index >= 15 is 0 Å². The van der Waals surface area contributed by atoms with Crippen LogP contribution < -0.4 is 10.6 Å². The van der Waals surface area contributed by atoms with Gasteiger partial charge in [0.25, 0.3) is 0 Å². The van der Waals surface area contributed by atoms with Crippen molar-refractivity contribution < 1.29 is 8.42 Å². The van der Waals surface area contributed by atoms with Crippen molar-refractivity contribution in [3.05, 3.63) is 33.8 Å². The predicted octanol–water partition coefficient (Wildman–Crippen LogP) is 3.63. The minimum Gasteiger partial charge on any atom is -0.357 e. The molecule has 1 aliphatic rings. The fourth-order valence-corrected chi connectivity index (χ4v) is 5.50. The number of benzene rings is 1. The van der Waals surface area contributed by atoms with Gasteiger partial charge in [-0.05, 0) is 31.0 Å². The maximum atomic E-state index is 11.6. The highest BCUT2D eigenvalue weighted by Crippen LogP contribution is 2.35. The summed E-state index contributed by atoms with van der Waals surface area (Å²) < 4.78 is 23.3. The first kappa shape index (κ1) is 23.8. The van der Waals surface area contributed by atoms with Crippen molar-refractivity contribution in [3.8, 4) is 0 Å². The second-order valence-electron chi connectivity index (χ2n) is 6.92. The van der Waals surface area contributed by atoms with Crippen molar-refractivity contribution in [3.63, 3.8) is 0 Å². The fraction of sp³-hybridized carbons (Fsp3) is 0.588. The molecule has 1 heterocycles. The summed E-state index contributed by atoms with van der Waals surface area (Å²) in [6.07, 6.45) is 0.604. The van der Waals surface area contributed by atoms with E-state index in [0.29, 0.717) is 35.5 Å². The molecule has 1 aromatic rings. The third-order valence-electron chi connectivity index (χ3n) is 4.19. The van der Waals surface area contributed by atoms with Gasteiger partial charge in [0.05, 0.1) is 18.1 Å². The minimum atomic E-state index is -2.93. The van der Waals surface area contributed by atoms with Gasteiger partial charge < -0.3 is 10.6 Å². The molecule has 0 bridgehead atoms. The lowest BCUT2D eigenvalue weighted by atomic mass is 9.84. The topological polar surface area (TPSA) is 70.6 Å². The Labute approximate surface area is 183 Å². The molecule has 0 aromatic heterocycles. The highest BCUT2D eigenvalue weighted by atomic mass is 127. The van der Waals surface area contributed by atoms with E-state index in [1.807, 2.05) is 39.0 Å². The molecule has 1 unspecified atom stereocenters. The molecule has 2 N–H and O–H groups in total. The van der Waals surface area contributed by atoms with E-state index in [-0.39, 0.29) is 46.9 Å². The third-order valence-corrected chi connectivity index (χ3v) is 6.59. The number of guanidine groups is 1. The normalized spacial score (nSPS) is 19.7. The summed E-state index contributed by atoms with van der Waals surface area (Å²) in [7, 11) is -2.93. The smallest absolute Gasteiger partial charge is 0.191 e. The van der Waals surface area contributed by atoms with Crippen LogP contribution in [0.2, 0.25) is 10.0 Å². The number of rotatable bonds is 5. The molecule has 1 atom stereocenters. The Kier molecular flexibility index (Phi) is 8.96.